The van der Waals surface area contributed by atoms with Gasteiger partial charge in [0.05, 0.1) is 24.8 Å². The highest BCUT2D eigenvalue weighted by molar-refractivity contribution is 5.95. The molecule has 1 aliphatic carbocycles. The lowest BCUT2D eigenvalue weighted by Crippen LogP contribution is -2.43. The first-order valence-electron chi connectivity index (χ1n) is 8.59. The summed E-state index contributed by atoms with van der Waals surface area (Å²) < 4.78 is 44.5. The van der Waals surface area contributed by atoms with Crippen molar-refractivity contribution in [2.45, 2.75) is 31.0 Å². The number of aryl methyl sites for hydroxylation is 1. The quantitative estimate of drug-likeness (QED) is 0.852. The molecule has 0 saturated heterocycles. The van der Waals surface area contributed by atoms with Crippen LogP contribution >= 0.6 is 0 Å². The molecule has 7 heteroatoms. The Morgan fingerprint density at radius 2 is 2.00 bits per heavy atom. The third-order valence-corrected chi connectivity index (χ3v) is 4.87. The molecule has 1 aliphatic rings. The number of alkyl halides is 3. The summed E-state index contributed by atoms with van der Waals surface area (Å²) in [5.74, 6) is -0.196. The van der Waals surface area contributed by atoms with E-state index in [1.165, 1.54) is 12.1 Å². The molecule has 0 radical (unpaired) electrons. The molecule has 27 heavy (non-hydrogen) atoms. The van der Waals surface area contributed by atoms with Gasteiger partial charge in [-0.05, 0) is 54.7 Å². The van der Waals surface area contributed by atoms with E-state index in [9.17, 15) is 23.1 Å². The highest BCUT2D eigenvalue weighted by atomic mass is 19.4. The average Bonchev–Trinajstić information content (AvgIpc) is 2.65. The van der Waals surface area contributed by atoms with Crippen LogP contribution in [0.4, 0.5) is 13.2 Å². The molecular formula is C20H20F3NO3. The number of rotatable bonds is 4. The number of fused-ring (bicyclic) bond motifs is 1. The molecule has 0 saturated carbocycles. The molecule has 2 aromatic rings. The molecule has 0 spiro atoms. The van der Waals surface area contributed by atoms with Crippen LogP contribution in [0.2, 0.25) is 0 Å². The van der Waals surface area contributed by atoms with Crippen molar-refractivity contribution in [2.24, 2.45) is 0 Å². The summed E-state index contributed by atoms with van der Waals surface area (Å²) in [4.78, 5) is 12.4. The summed E-state index contributed by atoms with van der Waals surface area (Å²) in [5.41, 5.74) is -1.21. The molecule has 1 unspecified atom stereocenters. The van der Waals surface area contributed by atoms with E-state index in [1.807, 2.05) is 6.07 Å². The lowest BCUT2D eigenvalue weighted by Gasteiger charge is -2.35. The smallest absolute Gasteiger partial charge is 0.417 e. The standard InChI is InChI=1S/C20H20F3NO3/c1-27-14-8-9-16-13(11-14)5-4-10-19(16,26)12-24-18(25)15-6-2-3-7-17(15)20(21,22)23/h2-3,6-9,11,26H,4-5,10,12H2,1H3,(H,24,25). The Morgan fingerprint density at radius 1 is 1.26 bits per heavy atom. The summed E-state index contributed by atoms with van der Waals surface area (Å²) in [5, 5.41) is 13.5. The van der Waals surface area contributed by atoms with Crippen molar-refractivity contribution >= 4 is 5.91 Å². The van der Waals surface area contributed by atoms with Gasteiger partial charge in [-0.1, -0.05) is 18.2 Å². The lowest BCUT2D eigenvalue weighted by molar-refractivity contribution is -0.137. The van der Waals surface area contributed by atoms with Crippen LogP contribution < -0.4 is 10.1 Å². The Balaban J connectivity index is 1.81. The first-order chi connectivity index (χ1) is 12.7. The van der Waals surface area contributed by atoms with Gasteiger partial charge in [0, 0.05) is 0 Å². The van der Waals surface area contributed by atoms with E-state index in [-0.39, 0.29) is 6.54 Å². The molecule has 2 N–H and O–H groups in total. The predicted molar refractivity (Wildman–Crippen MR) is 93.6 cm³/mol. The van der Waals surface area contributed by atoms with Crippen molar-refractivity contribution in [3.63, 3.8) is 0 Å². The van der Waals surface area contributed by atoms with E-state index in [2.05, 4.69) is 5.32 Å². The SMILES string of the molecule is COc1ccc2c(c1)CCCC2(O)CNC(=O)c1ccccc1C(F)(F)F. The number of carbonyl (C=O) groups excluding carboxylic acids is 1. The minimum atomic E-state index is -4.63. The van der Waals surface area contributed by atoms with Crippen LogP contribution in [0, 0.1) is 0 Å². The van der Waals surface area contributed by atoms with Gasteiger partial charge in [0.25, 0.3) is 5.91 Å². The summed E-state index contributed by atoms with van der Waals surface area (Å²) in [7, 11) is 1.55. The Labute approximate surface area is 155 Å². The third kappa shape index (κ3) is 3.93. The maximum atomic E-state index is 13.1. The number of hydrogen-bond acceptors (Lipinski definition) is 3. The van der Waals surface area contributed by atoms with Crippen LogP contribution in [0.3, 0.4) is 0 Å². The van der Waals surface area contributed by atoms with E-state index < -0.39 is 28.8 Å². The summed E-state index contributed by atoms with van der Waals surface area (Å²) >= 11 is 0. The van der Waals surface area contributed by atoms with E-state index in [0.717, 1.165) is 24.1 Å². The zero-order valence-electron chi connectivity index (χ0n) is 14.8. The maximum absolute atomic E-state index is 13.1. The second-order valence-corrected chi connectivity index (χ2v) is 6.63. The van der Waals surface area contributed by atoms with Gasteiger partial charge in [0.2, 0.25) is 0 Å². The summed E-state index contributed by atoms with van der Waals surface area (Å²) in [6, 6.07) is 9.89. The fourth-order valence-electron chi connectivity index (χ4n) is 3.50. The molecule has 4 nitrogen and oxygen atoms in total. The number of aliphatic hydroxyl groups is 1. The number of benzene rings is 2. The fraction of sp³-hybridized carbons (Fsp3) is 0.350. The van der Waals surface area contributed by atoms with Crippen molar-refractivity contribution in [1.82, 2.24) is 5.32 Å². The number of hydrogen-bond donors (Lipinski definition) is 2. The maximum Gasteiger partial charge on any atom is 0.417 e. The topological polar surface area (TPSA) is 58.6 Å². The molecule has 1 amide bonds. The molecule has 0 heterocycles. The second kappa shape index (κ2) is 7.23. The van der Waals surface area contributed by atoms with Gasteiger partial charge in [-0.3, -0.25) is 4.79 Å². The van der Waals surface area contributed by atoms with Crippen LogP contribution in [0.15, 0.2) is 42.5 Å². The number of nitrogens with one attached hydrogen (secondary N) is 1. The number of carbonyl (C=O) groups is 1. The minimum Gasteiger partial charge on any atom is -0.497 e. The summed E-state index contributed by atoms with van der Waals surface area (Å²) in [6.45, 7) is -0.169. The molecule has 1 atom stereocenters. The number of ether oxygens (including phenoxy) is 1. The first-order valence-corrected chi connectivity index (χ1v) is 8.59. The number of amides is 1. The average molecular weight is 379 g/mol. The van der Waals surface area contributed by atoms with Crippen molar-refractivity contribution in [3.8, 4) is 5.75 Å². The van der Waals surface area contributed by atoms with Crippen LogP contribution in [0.25, 0.3) is 0 Å². The molecule has 0 aromatic heterocycles. The third-order valence-electron chi connectivity index (χ3n) is 4.87. The Bertz CT molecular complexity index is 851. The molecule has 144 valence electrons. The van der Waals surface area contributed by atoms with Gasteiger partial charge in [0.1, 0.15) is 11.4 Å². The molecule has 3 rings (SSSR count). The Kier molecular flexibility index (Phi) is 5.15. The first kappa shape index (κ1) is 19.2. The monoisotopic (exact) mass is 379 g/mol. The lowest BCUT2D eigenvalue weighted by atomic mass is 9.79. The van der Waals surface area contributed by atoms with Crippen LogP contribution in [0.1, 0.15) is 39.9 Å². The molecule has 0 aliphatic heterocycles. The number of methoxy groups -OCH3 is 1. The molecule has 0 bridgehead atoms. The van der Waals surface area contributed by atoms with Gasteiger partial charge < -0.3 is 15.2 Å². The second-order valence-electron chi connectivity index (χ2n) is 6.63. The molecule has 0 fully saturated rings. The van der Waals surface area contributed by atoms with Crippen molar-refractivity contribution in [2.75, 3.05) is 13.7 Å². The largest absolute Gasteiger partial charge is 0.497 e. The number of halogens is 3. The normalized spacial score (nSPS) is 19.3. The Morgan fingerprint density at radius 3 is 2.70 bits per heavy atom. The highest BCUT2D eigenvalue weighted by Crippen LogP contribution is 2.37. The van der Waals surface area contributed by atoms with Crippen molar-refractivity contribution < 1.29 is 27.8 Å². The van der Waals surface area contributed by atoms with E-state index in [0.29, 0.717) is 24.2 Å². The minimum absolute atomic E-state index is 0.169. The predicted octanol–water partition coefficient (Wildman–Crippen LogP) is 3.67. The van der Waals surface area contributed by atoms with E-state index in [4.69, 9.17) is 4.74 Å². The molecule has 2 aromatic carbocycles. The van der Waals surface area contributed by atoms with Gasteiger partial charge in [0.15, 0.2) is 0 Å². The molecular weight excluding hydrogens is 359 g/mol. The van der Waals surface area contributed by atoms with Gasteiger partial charge in [-0.25, -0.2) is 0 Å². The zero-order valence-corrected chi connectivity index (χ0v) is 14.8. The van der Waals surface area contributed by atoms with Crippen molar-refractivity contribution in [3.05, 3.63) is 64.7 Å². The highest BCUT2D eigenvalue weighted by Gasteiger charge is 2.37. The summed E-state index contributed by atoms with van der Waals surface area (Å²) in [6.07, 6.45) is -2.75. The Hall–Kier alpha value is -2.54. The zero-order chi connectivity index (χ0) is 19.7. The van der Waals surface area contributed by atoms with Gasteiger partial charge >= 0.3 is 6.18 Å². The van der Waals surface area contributed by atoms with Crippen LogP contribution in [-0.2, 0) is 18.2 Å². The fourth-order valence-corrected chi connectivity index (χ4v) is 3.50. The van der Waals surface area contributed by atoms with Gasteiger partial charge in [-0.15, -0.1) is 0 Å². The van der Waals surface area contributed by atoms with Gasteiger partial charge in [-0.2, -0.15) is 13.2 Å². The van der Waals surface area contributed by atoms with Crippen LogP contribution in [-0.4, -0.2) is 24.7 Å². The van der Waals surface area contributed by atoms with Crippen LogP contribution in [0.5, 0.6) is 5.75 Å². The van der Waals surface area contributed by atoms with E-state index >= 15 is 0 Å². The van der Waals surface area contributed by atoms with E-state index in [1.54, 1.807) is 19.2 Å². The van der Waals surface area contributed by atoms with Crippen molar-refractivity contribution in [1.29, 1.82) is 0 Å².